The normalized spacial score (nSPS) is 15.8. The Morgan fingerprint density at radius 2 is 1.85 bits per heavy atom. The van der Waals surface area contributed by atoms with Gasteiger partial charge >= 0.3 is 12.0 Å². The standard InChI is InChI=1S/C16H20ClN3O6S/c1-10(14(21)19-16(23)18-2)26-15(22)11-5-6-12(17)13(9-11)27(24,25)20-7-3-4-8-20/h5-6,9-10H,3-4,7-8H2,1-2H3,(H2,18,19,21,23)/t10-/m1/s1. The van der Waals surface area contributed by atoms with Crippen LogP contribution in [0, 0.1) is 0 Å². The topological polar surface area (TPSA) is 122 Å². The third-order valence-corrected chi connectivity index (χ3v) is 6.35. The van der Waals surface area contributed by atoms with Crippen LogP contribution in [0.4, 0.5) is 4.79 Å². The summed E-state index contributed by atoms with van der Waals surface area (Å²) in [7, 11) is -2.50. The maximum atomic E-state index is 12.7. The SMILES string of the molecule is CNC(=O)NC(=O)[C@@H](C)OC(=O)c1ccc(Cl)c(S(=O)(=O)N2CCCC2)c1. The van der Waals surface area contributed by atoms with Crippen molar-refractivity contribution in [2.45, 2.75) is 30.8 Å². The quantitative estimate of drug-likeness (QED) is 0.692. The van der Waals surface area contributed by atoms with Gasteiger partial charge in [0.15, 0.2) is 6.10 Å². The van der Waals surface area contributed by atoms with Gasteiger partial charge in [-0.25, -0.2) is 18.0 Å². The summed E-state index contributed by atoms with van der Waals surface area (Å²) in [6.07, 6.45) is 0.261. The lowest BCUT2D eigenvalue weighted by Gasteiger charge is -2.17. The number of ether oxygens (including phenoxy) is 1. The molecule has 1 aliphatic rings. The minimum Gasteiger partial charge on any atom is -0.449 e. The van der Waals surface area contributed by atoms with Gasteiger partial charge in [-0.3, -0.25) is 10.1 Å². The molecule has 0 spiro atoms. The van der Waals surface area contributed by atoms with Crippen LogP contribution in [0.5, 0.6) is 0 Å². The molecule has 1 heterocycles. The van der Waals surface area contributed by atoms with Crippen molar-refractivity contribution in [2.24, 2.45) is 0 Å². The highest BCUT2D eigenvalue weighted by molar-refractivity contribution is 7.89. The zero-order valence-corrected chi connectivity index (χ0v) is 16.4. The van der Waals surface area contributed by atoms with Crippen LogP contribution >= 0.6 is 11.6 Å². The van der Waals surface area contributed by atoms with Crippen LogP contribution in [0.2, 0.25) is 5.02 Å². The molecule has 0 unspecified atom stereocenters. The highest BCUT2D eigenvalue weighted by Gasteiger charge is 2.30. The second kappa shape index (κ2) is 8.68. The van der Waals surface area contributed by atoms with Gasteiger partial charge in [-0.1, -0.05) is 11.6 Å². The molecule has 2 N–H and O–H groups in total. The van der Waals surface area contributed by atoms with E-state index in [9.17, 15) is 22.8 Å². The first kappa shape index (κ1) is 21.1. The fraction of sp³-hybridized carbons (Fsp3) is 0.438. The largest absolute Gasteiger partial charge is 0.449 e. The summed E-state index contributed by atoms with van der Waals surface area (Å²) in [5.41, 5.74) is -0.0724. The number of hydrogen-bond acceptors (Lipinski definition) is 6. The van der Waals surface area contributed by atoms with Crippen LogP contribution in [0.3, 0.4) is 0 Å². The highest BCUT2D eigenvalue weighted by Crippen LogP contribution is 2.28. The number of nitrogens with one attached hydrogen (secondary N) is 2. The van der Waals surface area contributed by atoms with E-state index in [1.54, 1.807) is 0 Å². The Morgan fingerprint density at radius 3 is 2.44 bits per heavy atom. The first-order valence-corrected chi connectivity index (χ1v) is 10.0. The van der Waals surface area contributed by atoms with E-state index in [4.69, 9.17) is 16.3 Å². The molecule has 27 heavy (non-hydrogen) atoms. The number of carbonyl (C=O) groups is 3. The number of imide groups is 1. The van der Waals surface area contributed by atoms with Crippen molar-refractivity contribution in [2.75, 3.05) is 20.1 Å². The summed E-state index contributed by atoms with van der Waals surface area (Å²) >= 11 is 6.03. The molecule has 1 aliphatic heterocycles. The molecule has 0 radical (unpaired) electrons. The summed E-state index contributed by atoms with van der Waals surface area (Å²) in [5, 5.41) is 4.16. The van der Waals surface area contributed by atoms with E-state index >= 15 is 0 Å². The Labute approximate surface area is 162 Å². The van der Waals surface area contributed by atoms with Crippen LogP contribution < -0.4 is 10.6 Å². The maximum absolute atomic E-state index is 12.7. The fourth-order valence-corrected chi connectivity index (χ4v) is 4.47. The molecule has 0 bridgehead atoms. The van der Waals surface area contributed by atoms with Gasteiger partial charge in [0.25, 0.3) is 5.91 Å². The van der Waals surface area contributed by atoms with E-state index in [1.165, 1.54) is 30.4 Å². The Balaban J connectivity index is 2.18. The second-order valence-electron chi connectivity index (χ2n) is 5.87. The van der Waals surface area contributed by atoms with Gasteiger partial charge in [-0.05, 0) is 38.0 Å². The van der Waals surface area contributed by atoms with Crippen molar-refractivity contribution < 1.29 is 27.5 Å². The molecule has 1 saturated heterocycles. The molecular weight excluding hydrogens is 398 g/mol. The summed E-state index contributed by atoms with van der Waals surface area (Å²) in [4.78, 5) is 35.0. The molecule has 148 valence electrons. The number of rotatable bonds is 5. The van der Waals surface area contributed by atoms with Gasteiger partial charge in [0, 0.05) is 20.1 Å². The lowest BCUT2D eigenvalue weighted by Crippen LogP contribution is -2.43. The second-order valence-corrected chi connectivity index (χ2v) is 8.19. The molecule has 1 aromatic rings. The van der Waals surface area contributed by atoms with Gasteiger partial charge in [0.1, 0.15) is 4.90 Å². The molecular formula is C16H20ClN3O6S. The number of esters is 1. The predicted molar refractivity (Wildman–Crippen MR) is 96.9 cm³/mol. The average Bonchev–Trinajstić information content (AvgIpc) is 3.17. The van der Waals surface area contributed by atoms with Crippen molar-refractivity contribution in [3.05, 3.63) is 28.8 Å². The lowest BCUT2D eigenvalue weighted by molar-refractivity contribution is -0.127. The summed E-state index contributed by atoms with van der Waals surface area (Å²) in [5.74, 6) is -1.73. The monoisotopic (exact) mass is 417 g/mol. The summed E-state index contributed by atoms with van der Waals surface area (Å²) < 4.78 is 31.7. The first-order chi connectivity index (χ1) is 12.7. The van der Waals surface area contributed by atoms with Crippen LogP contribution in [0.25, 0.3) is 0 Å². The van der Waals surface area contributed by atoms with Crippen molar-refractivity contribution in [3.8, 4) is 0 Å². The van der Waals surface area contributed by atoms with Crippen molar-refractivity contribution in [1.82, 2.24) is 14.9 Å². The molecule has 2 rings (SSSR count). The number of urea groups is 1. The fourth-order valence-electron chi connectivity index (χ4n) is 2.45. The van der Waals surface area contributed by atoms with E-state index in [0.29, 0.717) is 13.1 Å². The Hall–Kier alpha value is -2.17. The zero-order chi connectivity index (χ0) is 20.2. The van der Waals surface area contributed by atoms with Gasteiger partial charge in [0.05, 0.1) is 10.6 Å². The molecule has 0 aliphatic carbocycles. The van der Waals surface area contributed by atoms with Crippen molar-refractivity contribution >= 4 is 39.5 Å². The number of amides is 3. The van der Waals surface area contributed by atoms with Crippen molar-refractivity contribution in [1.29, 1.82) is 0 Å². The van der Waals surface area contributed by atoms with E-state index in [0.717, 1.165) is 18.9 Å². The summed E-state index contributed by atoms with van der Waals surface area (Å²) in [6.45, 7) is 2.07. The van der Waals surface area contributed by atoms with Crippen molar-refractivity contribution in [3.63, 3.8) is 0 Å². The Morgan fingerprint density at radius 1 is 1.22 bits per heavy atom. The smallest absolute Gasteiger partial charge is 0.338 e. The molecule has 3 amide bonds. The minimum absolute atomic E-state index is 0.0103. The average molecular weight is 418 g/mol. The van der Waals surface area contributed by atoms with Crippen LogP contribution in [-0.4, -0.2) is 56.9 Å². The van der Waals surface area contributed by atoms with Crippen LogP contribution in [0.15, 0.2) is 23.1 Å². The lowest BCUT2D eigenvalue weighted by atomic mass is 10.2. The number of benzene rings is 1. The summed E-state index contributed by atoms with van der Waals surface area (Å²) in [6, 6.07) is 2.98. The number of hydrogen-bond donors (Lipinski definition) is 2. The van der Waals surface area contributed by atoms with Gasteiger partial charge in [-0.2, -0.15) is 4.31 Å². The molecule has 1 aromatic carbocycles. The molecule has 9 nitrogen and oxygen atoms in total. The zero-order valence-electron chi connectivity index (χ0n) is 14.8. The van der Waals surface area contributed by atoms with Crippen LogP contribution in [-0.2, 0) is 19.6 Å². The third-order valence-electron chi connectivity index (χ3n) is 3.97. The minimum atomic E-state index is -3.83. The first-order valence-electron chi connectivity index (χ1n) is 8.20. The molecule has 11 heteroatoms. The van der Waals surface area contributed by atoms with E-state index in [-0.39, 0.29) is 15.5 Å². The van der Waals surface area contributed by atoms with E-state index < -0.39 is 34.0 Å². The van der Waals surface area contributed by atoms with Gasteiger partial charge < -0.3 is 10.1 Å². The Kier molecular flexibility index (Phi) is 6.79. The van der Waals surface area contributed by atoms with E-state index in [1.807, 2.05) is 5.32 Å². The maximum Gasteiger partial charge on any atom is 0.338 e. The molecule has 1 atom stereocenters. The predicted octanol–water partition coefficient (Wildman–Crippen LogP) is 1.13. The van der Waals surface area contributed by atoms with Crippen LogP contribution in [0.1, 0.15) is 30.1 Å². The number of carbonyl (C=O) groups excluding carboxylic acids is 3. The Bertz CT molecular complexity index is 852. The van der Waals surface area contributed by atoms with Gasteiger partial charge in [-0.15, -0.1) is 0 Å². The number of nitrogens with zero attached hydrogens (tertiary/aromatic N) is 1. The highest BCUT2D eigenvalue weighted by atomic mass is 35.5. The number of sulfonamides is 1. The molecule has 0 saturated carbocycles. The van der Waals surface area contributed by atoms with E-state index in [2.05, 4.69) is 5.32 Å². The molecule has 0 aromatic heterocycles. The third kappa shape index (κ3) is 4.96. The number of halogens is 1. The van der Waals surface area contributed by atoms with Gasteiger partial charge in [0.2, 0.25) is 10.0 Å². The molecule has 1 fully saturated rings.